The van der Waals surface area contributed by atoms with Crippen LogP contribution in [0.15, 0.2) is 48.0 Å². The van der Waals surface area contributed by atoms with Gasteiger partial charge in [-0.15, -0.1) is 0 Å². The lowest BCUT2D eigenvalue weighted by Gasteiger charge is -2.06. The van der Waals surface area contributed by atoms with Crippen molar-refractivity contribution in [3.05, 3.63) is 64.7 Å². The highest BCUT2D eigenvalue weighted by Crippen LogP contribution is 2.38. The smallest absolute Gasteiger partial charge is 0.332 e. The number of amides is 1. The van der Waals surface area contributed by atoms with Crippen molar-refractivity contribution in [2.24, 2.45) is 5.73 Å². The van der Waals surface area contributed by atoms with Crippen LogP contribution >= 0.6 is 0 Å². The molecule has 0 atom stereocenters. The molecule has 23 heavy (non-hydrogen) atoms. The maximum absolute atomic E-state index is 11.7. The van der Waals surface area contributed by atoms with Crippen LogP contribution in [0.2, 0.25) is 0 Å². The molecule has 1 amide bonds. The quantitative estimate of drug-likeness (QED) is 0.448. The Labute approximate surface area is 133 Å². The Bertz CT molecular complexity index is 824. The van der Waals surface area contributed by atoms with E-state index in [0.29, 0.717) is 5.57 Å². The first-order valence-corrected chi connectivity index (χ1v) is 7.13. The van der Waals surface area contributed by atoms with E-state index in [0.717, 1.165) is 17.5 Å². The van der Waals surface area contributed by atoms with Gasteiger partial charge in [-0.25, -0.2) is 19.4 Å². The monoisotopic (exact) mass is 309 g/mol. The molecular weight excluding hydrogens is 294 g/mol. The number of nitrogens with two attached hydrogens (primary N) is 1. The Balaban J connectivity index is 1.90. The molecule has 0 heterocycles. The summed E-state index contributed by atoms with van der Waals surface area (Å²) in [5.41, 5.74) is 10.8. The van der Waals surface area contributed by atoms with Crippen molar-refractivity contribution >= 4 is 18.1 Å². The van der Waals surface area contributed by atoms with Crippen LogP contribution in [-0.4, -0.2) is 12.1 Å². The third kappa shape index (κ3) is 2.94. The number of fused-ring (bicyclic) bond motifs is 3. The van der Waals surface area contributed by atoms with Crippen molar-refractivity contribution in [3.63, 3.8) is 0 Å². The van der Waals surface area contributed by atoms with Crippen molar-refractivity contribution in [1.82, 2.24) is 0 Å². The minimum Gasteiger partial charge on any atom is -0.332 e. The SMILES string of the molecule is C/C(=C\c1cccc2c1Cc1ccccc1-2)C(=O)OOC(N)=O. The van der Waals surface area contributed by atoms with Gasteiger partial charge in [-0.3, -0.25) is 0 Å². The van der Waals surface area contributed by atoms with Gasteiger partial charge in [-0.2, -0.15) is 0 Å². The Morgan fingerprint density at radius 3 is 2.57 bits per heavy atom. The summed E-state index contributed by atoms with van der Waals surface area (Å²) >= 11 is 0. The van der Waals surface area contributed by atoms with E-state index in [9.17, 15) is 9.59 Å². The minimum atomic E-state index is -1.16. The fourth-order valence-electron chi connectivity index (χ4n) is 2.75. The number of primary amides is 1. The molecule has 0 fully saturated rings. The Morgan fingerprint density at radius 1 is 1.04 bits per heavy atom. The van der Waals surface area contributed by atoms with Crippen LogP contribution in [0.3, 0.4) is 0 Å². The Hall–Kier alpha value is -3.08. The first kappa shape index (κ1) is 14.8. The molecule has 2 aromatic carbocycles. The van der Waals surface area contributed by atoms with Crippen LogP contribution in [-0.2, 0) is 21.0 Å². The van der Waals surface area contributed by atoms with E-state index >= 15 is 0 Å². The van der Waals surface area contributed by atoms with E-state index in [-0.39, 0.29) is 0 Å². The molecule has 0 aliphatic heterocycles. The maximum atomic E-state index is 11.7. The largest absolute Gasteiger partial charge is 0.447 e. The van der Waals surface area contributed by atoms with Crippen LogP contribution in [0.1, 0.15) is 23.6 Å². The molecule has 2 N–H and O–H groups in total. The van der Waals surface area contributed by atoms with Gasteiger partial charge in [0.25, 0.3) is 0 Å². The van der Waals surface area contributed by atoms with E-state index in [1.807, 2.05) is 24.3 Å². The molecule has 116 valence electrons. The summed E-state index contributed by atoms with van der Waals surface area (Å²) in [6.07, 6.45) is 1.37. The molecule has 5 nitrogen and oxygen atoms in total. The standard InChI is InChI=1S/C18H15NO4/c1-11(17(20)22-23-18(19)21)9-12-6-4-8-15-14-7-3-2-5-13(14)10-16(12)15/h2-9H,10H2,1H3,(H2,19,21)/b11-9+. The molecule has 0 aromatic heterocycles. The summed E-state index contributed by atoms with van der Waals surface area (Å²) in [5.74, 6) is -0.753. The van der Waals surface area contributed by atoms with Crippen molar-refractivity contribution in [3.8, 4) is 11.1 Å². The molecule has 0 spiro atoms. The normalized spacial score (nSPS) is 12.3. The van der Waals surface area contributed by atoms with Crippen LogP contribution in [0, 0.1) is 0 Å². The van der Waals surface area contributed by atoms with Gasteiger partial charge in [0, 0.05) is 5.57 Å². The first-order chi connectivity index (χ1) is 11.1. The van der Waals surface area contributed by atoms with Gasteiger partial charge in [0.2, 0.25) is 0 Å². The molecule has 5 heteroatoms. The fraction of sp³-hybridized carbons (Fsp3) is 0.111. The van der Waals surface area contributed by atoms with Gasteiger partial charge in [0.05, 0.1) is 0 Å². The number of carbonyl (C=O) groups is 2. The molecular formula is C18H15NO4. The zero-order chi connectivity index (χ0) is 16.4. The second kappa shape index (κ2) is 5.96. The van der Waals surface area contributed by atoms with Gasteiger partial charge in [-0.05, 0) is 47.2 Å². The second-order valence-electron chi connectivity index (χ2n) is 5.31. The van der Waals surface area contributed by atoms with Crippen molar-refractivity contribution in [1.29, 1.82) is 0 Å². The second-order valence-corrected chi connectivity index (χ2v) is 5.31. The van der Waals surface area contributed by atoms with Gasteiger partial charge < -0.3 is 5.73 Å². The van der Waals surface area contributed by atoms with Crippen molar-refractivity contribution in [2.45, 2.75) is 13.3 Å². The summed E-state index contributed by atoms with van der Waals surface area (Å²) in [6, 6.07) is 14.2. The Morgan fingerprint density at radius 2 is 1.78 bits per heavy atom. The third-order valence-electron chi connectivity index (χ3n) is 3.78. The Kier molecular flexibility index (Phi) is 3.85. The van der Waals surface area contributed by atoms with Gasteiger partial charge >= 0.3 is 12.1 Å². The topological polar surface area (TPSA) is 78.6 Å². The van der Waals surface area contributed by atoms with Gasteiger partial charge in [0.1, 0.15) is 0 Å². The molecule has 0 saturated heterocycles. The molecule has 2 aromatic rings. The van der Waals surface area contributed by atoms with E-state index in [1.165, 1.54) is 16.7 Å². The van der Waals surface area contributed by atoms with Crippen LogP contribution < -0.4 is 5.73 Å². The average Bonchev–Trinajstić information content (AvgIpc) is 2.92. The highest BCUT2D eigenvalue weighted by Gasteiger charge is 2.20. The van der Waals surface area contributed by atoms with E-state index in [2.05, 4.69) is 28.0 Å². The minimum absolute atomic E-state index is 0.315. The number of rotatable bonds is 2. The first-order valence-electron chi connectivity index (χ1n) is 7.13. The van der Waals surface area contributed by atoms with Gasteiger partial charge in [-0.1, -0.05) is 42.5 Å². The molecule has 0 saturated carbocycles. The average molecular weight is 309 g/mol. The molecule has 1 aliphatic rings. The zero-order valence-electron chi connectivity index (χ0n) is 12.5. The highest BCUT2D eigenvalue weighted by molar-refractivity contribution is 5.94. The fourth-order valence-corrected chi connectivity index (χ4v) is 2.75. The molecule has 0 unspecified atom stereocenters. The predicted molar refractivity (Wildman–Crippen MR) is 85.1 cm³/mol. The summed E-state index contributed by atoms with van der Waals surface area (Å²) in [4.78, 5) is 30.6. The molecule has 1 aliphatic carbocycles. The van der Waals surface area contributed by atoms with Crippen LogP contribution in [0.4, 0.5) is 4.79 Å². The number of hydrogen-bond acceptors (Lipinski definition) is 4. The molecule has 0 bridgehead atoms. The van der Waals surface area contributed by atoms with Crippen molar-refractivity contribution in [2.75, 3.05) is 0 Å². The van der Waals surface area contributed by atoms with Crippen molar-refractivity contribution < 1.29 is 19.4 Å². The zero-order valence-corrected chi connectivity index (χ0v) is 12.5. The number of hydrogen-bond donors (Lipinski definition) is 1. The predicted octanol–water partition coefficient (Wildman–Crippen LogP) is 3.21. The summed E-state index contributed by atoms with van der Waals surface area (Å²) < 4.78 is 0. The lowest BCUT2D eigenvalue weighted by Crippen LogP contribution is -2.17. The number of carbonyl (C=O) groups excluding carboxylic acids is 2. The van der Waals surface area contributed by atoms with Crippen LogP contribution in [0.5, 0.6) is 0 Å². The lowest BCUT2D eigenvalue weighted by molar-refractivity contribution is -0.225. The highest BCUT2D eigenvalue weighted by atomic mass is 17.2. The summed E-state index contributed by atoms with van der Waals surface area (Å²) in [7, 11) is 0. The van der Waals surface area contributed by atoms with Crippen LogP contribution in [0.25, 0.3) is 17.2 Å². The lowest BCUT2D eigenvalue weighted by atomic mass is 10.00. The molecule has 3 rings (SSSR count). The molecule has 0 radical (unpaired) electrons. The number of benzene rings is 2. The summed E-state index contributed by atoms with van der Waals surface area (Å²) in [6.45, 7) is 1.59. The third-order valence-corrected chi connectivity index (χ3v) is 3.78. The maximum Gasteiger partial charge on any atom is 0.447 e. The van der Waals surface area contributed by atoms with Gasteiger partial charge in [0.15, 0.2) is 0 Å². The summed E-state index contributed by atoms with van der Waals surface area (Å²) in [5, 5.41) is 0. The van der Waals surface area contributed by atoms with E-state index < -0.39 is 12.1 Å². The van der Waals surface area contributed by atoms with E-state index in [1.54, 1.807) is 13.0 Å². The van der Waals surface area contributed by atoms with E-state index in [4.69, 9.17) is 5.73 Å².